The van der Waals surface area contributed by atoms with Crippen molar-refractivity contribution in [1.82, 2.24) is 0 Å². The zero-order valence-electron chi connectivity index (χ0n) is 9.77. The third-order valence-corrected chi connectivity index (χ3v) is 2.54. The minimum absolute atomic E-state index is 0.135. The molecule has 0 aromatic heterocycles. The van der Waals surface area contributed by atoms with E-state index in [0.717, 1.165) is 5.56 Å². The van der Waals surface area contributed by atoms with Crippen molar-refractivity contribution in [3.8, 4) is 5.75 Å². The Balaban J connectivity index is 2.21. The van der Waals surface area contributed by atoms with Crippen molar-refractivity contribution in [1.29, 1.82) is 0 Å². The van der Waals surface area contributed by atoms with E-state index in [-0.39, 0.29) is 17.2 Å². The minimum atomic E-state index is -0.454. The van der Waals surface area contributed by atoms with Crippen molar-refractivity contribution < 1.29 is 14.3 Å². The molecule has 0 aliphatic carbocycles. The van der Waals surface area contributed by atoms with Gasteiger partial charge in [0, 0.05) is 11.3 Å². The molecule has 0 aliphatic heterocycles. The summed E-state index contributed by atoms with van der Waals surface area (Å²) in [5.41, 5.74) is 1.57. The summed E-state index contributed by atoms with van der Waals surface area (Å²) >= 11 is 0. The predicted octanol–water partition coefficient (Wildman–Crippen LogP) is 3.09. The third-order valence-electron chi connectivity index (χ3n) is 2.54. The number of rotatable bonds is 2. The van der Waals surface area contributed by atoms with Crippen LogP contribution < -0.4 is 5.32 Å². The lowest BCUT2D eigenvalue weighted by Gasteiger charge is -2.08. The van der Waals surface area contributed by atoms with E-state index >= 15 is 0 Å². The standard InChI is InChI=1S/C14H12FNO2/c1-9-7-12(17)5-6-13(9)16-14(18)10-3-2-4-11(15)8-10/h2-8,17H,1H3,(H,16,18). The van der Waals surface area contributed by atoms with Crippen LogP contribution in [0.15, 0.2) is 42.5 Å². The molecule has 92 valence electrons. The van der Waals surface area contributed by atoms with Gasteiger partial charge in [-0.15, -0.1) is 0 Å². The molecule has 1 amide bonds. The Labute approximate surface area is 104 Å². The maximum atomic E-state index is 13.0. The van der Waals surface area contributed by atoms with E-state index in [4.69, 9.17) is 0 Å². The average Bonchev–Trinajstić information content (AvgIpc) is 2.32. The molecule has 0 atom stereocenters. The lowest BCUT2D eigenvalue weighted by Crippen LogP contribution is -2.12. The Bertz CT molecular complexity index is 596. The number of aryl methyl sites for hydroxylation is 1. The van der Waals surface area contributed by atoms with Gasteiger partial charge < -0.3 is 10.4 Å². The Morgan fingerprint density at radius 3 is 2.67 bits per heavy atom. The third kappa shape index (κ3) is 2.66. The molecule has 3 nitrogen and oxygen atoms in total. The van der Waals surface area contributed by atoms with Gasteiger partial charge in [0.1, 0.15) is 11.6 Å². The van der Waals surface area contributed by atoms with Gasteiger partial charge in [-0.25, -0.2) is 4.39 Å². The maximum absolute atomic E-state index is 13.0. The molecular weight excluding hydrogens is 233 g/mol. The largest absolute Gasteiger partial charge is 0.508 e. The van der Waals surface area contributed by atoms with Crippen LogP contribution in [0.4, 0.5) is 10.1 Å². The fourth-order valence-corrected chi connectivity index (χ4v) is 1.61. The van der Waals surface area contributed by atoms with E-state index in [0.29, 0.717) is 5.69 Å². The molecule has 0 saturated heterocycles. The quantitative estimate of drug-likeness (QED) is 0.799. The number of hydrogen-bond donors (Lipinski definition) is 2. The molecule has 0 unspecified atom stereocenters. The number of phenolic OH excluding ortho intramolecular Hbond substituents is 1. The molecule has 0 aliphatic rings. The number of nitrogens with one attached hydrogen (secondary N) is 1. The average molecular weight is 245 g/mol. The van der Waals surface area contributed by atoms with Crippen LogP contribution in [0.3, 0.4) is 0 Å². The second-order valence-electron chi connectivity index (χ2n) is 3.96. The first-order chi connectivity index (χ1) is 8.56. The molecule has 2 aromatic carbocycles. The minimum Gasteiger partial charge on any atom is -0.508 e. The summed E-state index contributed by atoms with van der Waals surface area (Å²) in [6.45, 7) is 1.76. The molecule has 4 heteroatoms. The highest BCUT2D eigenvalue weighted by molar-refractivity contribution is 6.04. The first-order valence-corrected chi connectivity index (χ1v) is 5.43. The van der Waals surface area contributed by atoms with E-state index in [1.807, 2.05) is 0 Å². The van der Waals surface area contributed by atoms with Crippen LogP contribution in [0.5, 0.6) is 5.75 Å². The van der Waals surface area contributed by atoms with Crippen LogP contribution >= 0.6 is 0 Å². The van der Waals surface area contributed by atoms with Crippen LogP contribution in [-0.2, 0) is 0 Å². The number of amides is 1. The normalized spacial score (nSPS) is 10.1. The number of hydrogen-bond acceptors (Lipinski definition) is 2. The van der Waals surface area contributed by atoms with Crippen LogP contribution in [0.25, 0.3) is 0 Å². The van der Waals surface area contributed by atoms with Gasteiger partial charge in [-0.1, -0.05) is 6.07 Å². The summed E-state index contributed by atoms with van der Waals surface area (Å²) in [4.78, 5) is 11.9. The number of carbonyl (C=O) groups excluding carboxylic acids is 1. The molecule has 0 bridgehead atoms. The second kappa shape index (κ2) is 4.87. The summed E-state index contributed by atoms with van der Waals surface area (Å²) in [5.74, 6) is -0.704. The summed E-state index contributed by atoms with van der Waals surface area (Å²) in [6, 6.07) is 10.1. The molecule has 0 heterocycles. The topological polar surface area (TPSA) is 49.3 Å². The Morgan fingerprint density at radius 1 is 1.22 bits per heavy atom. The Hall–Kier alpha value is -2.36. The fraction of sp³-hybridized carbons (Fsp3) is 0.0714. The predicted molar refractivity (Wildman–Crippen MR) is 67.2 cm³/mol. The highest BCUT2D eigenvalue weighted by Gasteiger charge is 2.08. The van der Waals surface area contributed by atoms with Crippen molar-refractivity contribution in [3.63, 3.8) is 0 Å². The van der Waals surface area contributed by atoms with Crippen molar-refractivity contribution in [2.75, 3.05) is 5.32 Å². The zero-order chi connectivity index (χ0) is 13.1. The van der Waals surface area contributed by atoms with Gasteiger partial charge in [-0.2, -0.15) is 0 Å². The molecule has 0 spiro atoms. The van der Waals surface area contributed by atoms with Crippen molar-refractivity contribution >= 4 is 11.6 Å². The second-order valence-corrected chi connectivity index (χ2v) is 3.96. The number of benzene rings is 2. The van der Waals surface area contributed by atoms with Gasteiger partial charge in [-0.05, 0) is 48.9 Å². The zero-order valence-corrected chi connectivity index (χ0v) is 9.77. The molecule has 2 rings (SSSR count). The molecule has 0 fully saturated rings. The van der Waals surface area contributed by atoms with Gasteiger partial charge in [0.2, 0.25) is 0 Å². The number of aromatic hydroxyl groups is 1. The van der Waals surface area contributed by atoms with Crippen LogP contribution in [0, 0.1) is 12.7 Å². The van der Waals surface area contributed by atoms with Crippen LogP contribution in [-0.4, -0.2) is 11.0 Å². The molecule has 18 heavy (non-hydrogen) atoms. The van der Waals surface area contributed by atoms with Gasteiger partial charge in [0.15, 0.2) is 0 Å². The molecular formula is C14H12FNO2. The first-order valence-electron chi connectivity index (χ1n) is 5.43. The van der Waals surface area contributed by atoms with Crippen molar-refractivity contribution in [2.45, 2.75) is 6.92 Å². The maximum Gasteiger partial charge on any atom is 0.255 e. The Kier molecular flexibility index (Phi) is 3.28. The number of anilines is 1. The fourth-order valence-electron chi connectivity index (χ4n) is 1.61. The molecule has 0 saturated carbocycles. The first kappa shape index (κ1) is 12.1. The number of carbonyl (C=O) groups is 1. The molecule has 0 radical (unpaired) electrons. The van der Waals surface area contributed by atoms with Crippen LogP contribution in [0.1, 0.15) is 15.9 Å². The lowest BCUT2D eigenvalue weighted by molar-refractivity contribution is 0.102. The highest BCUT2D eigenvalue weighted by atomic mass is 19.1. The van der Waals surface area contributed by atoms with Gasteiger partial charge in [0.25, 0.3) is 5.91 Å². The summed E-state index contributed by atoms with van der Waals surface area (Å²) in [5, 5.41) is 11.9. The van der Waals surface area contributed by atoms with Crippen molar-refractivity contribution in [2.24, 2.45) is 0 Å². The summed E-state index contributed by atoms with van der Waals surface area (Å²) in [7, 11) is 0. The number of phenols is 1. The van der Waals surface area contributed by atoms with Crippen molar-refractivity contribution in [3.05, 3.63) is 59.4 Å². The van der Waals surface area contributed by atoms with E-state index in [2.05, 4.69) is 5.32 Å². The summed E-state index contributed by atoms with van der Waals surface area (Å²) in [6.07, 6.45) is 0. The van der Waals surface area contributed by atoms with E-state index in [1.54, 1.807) is 19.1 Å². The van der Waals surface area contributed by atoms with Gasteiger partial charge in [-0.3, -0.25) is 4.79 Å². The van der Waals surface area contributed by atoms with E-state index in [1.165, 1.54) is 30.3 Å². The van der Waals surface area contributed by atoms with E-state index < -0.39 is 5.82 Å². The lowest BCUT2D eigenvalue weighted by atomic mass is 10.1. The molecule has 2 aromatic rings. The van der Waals surface area contributed by atoms with E-state index in [9.17, 15) is 14.3 Å². The highest BCUT2D eigenvalue weighted by Crippen LogP contribution is 2.20. The van der Waals surface area contributed by atoms with Gasteiger partial charge >= 0.3 is 0 Å². The Morgan fingerprint density at radius 2 is 2.00 bits per heavy atom. The monoisotopic (exact) mass is 245 g/mol. The smallest absolute Gasteiger partial charge is 0.255 e. The SMILES string of the molecule is Cc1cc(O)ccc1NC(=O)c1cccc(F)c1. The number of halogens is 1. The van der Waals surface area contributed by atoms with Crippen LogP contribution in [0.2, 0.25) is 0 Å². The molecule has 2 N–H and O–H groups in total. The summed E-state index contributed by atoms with van der Waals surface area (Å²) < 4.78 is 13.0. The van der Waals surface area contributed by atoms with Gasteiger partial charge in [0.05, 0.1) is 0 Å².